The lowest BCUT2D eigenvalue weighted by Crippen LogP contribution is -2.41. The minimum atomic E-state index is -0.0260. The Bertz CT molecular complexity index is 476. The van der Waals surface area contributed by atoms with Gasteiger partial charge in [0, 0.05) is 37.0 Å². The fraction of sp³-hybridized carbons (Fsp3) is 0.562. The summed E-state index contributed by atoms with van der Waals surface area (Å²) in [6.45, 7) is 2.87. The van der Waals surface area contributed by atoms with Gasteiger partial charge in [-0.25, -0.2) is 0 Å². The molecule has 0 radical (unpaired) electrons. The number of rotatable bonds is 7. The van der Waals surface area contributed by atoms with Gasteiger partial charge in [0.1, 0.15) is 0 Å². The molecule has 22 heavy (non-hydrogen) atoms. The molecule has 1 saturated heterocycles. The van der Waals surface area contributed by atoms with Crippen LogP contribution in [-0.4, -0.2) is 54.9 Å². The molecule has 0 atom stereocenters. The molecule has 1 heterocycles. The van der Waals surface area contributed by atoms with Crippen LogP contribution in [0.1, 0.15) is 19.3 Å². The monoisotopic (exact) mass is 326 g/mol. The van der Waals surface area contributed by atoms with Crippen molar-refractivity contribution in [1.29, 1.82) is 0 Å². The second kappa shape index (κ2) is 9.10. The van der Waals surface area contributed by atoms with E-state index in [1.165, 1.54) is 0 Å². The summed E-state index contributed by atoms with van der Waals surface area (Å²) in [5, 5.41) is 12.2. The van der Waals surface area contributed by atoms with Crippen LogP contribution in [0.3, 0.4) is 0 Å². The SMILES string of the molecule is O=C(CN1CCC(OCCCO)CC1)Nc1cccc(Cl)c1. The van der Waals surface area contributed by atoms with Crippen molar-refractivity contribution in [2.24, 2.45) is 0 Å². The number of aliphatic hydroxyl groups excluding tert-OH is 1. The fourth-order valence-electron chi connectivity index (χ4n) is 2.52. The van der Waals surface area contributed by atoms with Gasteiger partial charge in [0.2, 0.25) is 5.91 Å². The number of nitrogens with zero attached hydrogens (tertiary/aromatic N) is 1. The van der Waals surface area contributed by atoms with Gasteiger partial charge >= 0.3 is 0 Å². The van der Waals surface area contributed by atoms with Gasteiger partial charge in [-0.3, -0.25) is 9.69 Å². The summed E-state index contributed by atoms with van der Waals surface area (Å²) in [7, 11) is 0. The Morgan fingerprint density at radius 3 is 2.86 bits per heavy atom. The number of anilines is 1. The number of carbonyl (C=O) groups is 1. The number of ether oxygens (including phenoxy) is 1. The van der Waals surface area contributed by atoms with Gasteiger partial charge in [0.15, 0.2) is 0 Å². The predicted octanol–water partition coefficient (Wildman–Crippen LogP) is 2.14. The molecule has 0 saturated carbocycles. The lowest BCUT2D eigenvalue weighted by molar-refractivity contribution is -0.118. The third-order valence-electron chi connectivity index (χ3n) is 3.67. The Labute approximate surface area is 136 Å². The molecule has 122 valence electrons. The highest BCUT2D eigenvalue weighted by Crippen LogP contribution is 2.16. The maximum atomic E-state index is 12.0. The number of benzene rings is 1. The van der Waals surface area contributed by atoms with Crippen LogP contribution in [0.25, 0.3) is 0 Å². The summed E-state index contributed by atoms with van der Waals surface area (Å²) >= 11 is 5.90. The Hall–Kier alpha value is -1.14. The minimum absolute atomic E-state index is 0.0260. The number of aliphatic hydroxyl groups is 1. The van der Waals surface area contributed by atoms with Gasteiger partial charge in [-0.1, -0.05) is 17.7 Å². The Balaban J connectivity index is 1.68. The van der Waals surface area contributed by atoms with Crippen LogP contribution in [0.2, 0.25) is 5.02 Å². The number of hydrogen-bond acceptors (Lipinski definition) is 4. The van der Waals surface area contributed by atoms with Crippen molar-refractivity contribution in [3.05, 3.63) is 29.3 Å². The molecular weight excluding hydrogens is 304 g/mol. The van der Waals surface area contributed by atoms with Gasteiger partial charge in [-0.15, -0.1) is 0 Å². The van der Waals surface area contributed by atoms with Gasteiger partial charge in [-0.2, -0.15) is 0 Å². The molecule has 0 spiro atoms. The van der Waals surface area contributed by atoms with Crippen LogP contribution in [0.4, 0.5) is 5.69 Å². The Morgan fingerprint density at radius 2 is 2.18 bits per heavy atom. The van der Waals surface area contributed by atoms with Crippen LogP contribution in [-0.2, 0) is 9.53 Å². The summed E-state index contributed by atoms with van der Waals surface area (Å²) in [5.41, 5.74) is 0.722. The van der Waals surface area contributed by atoms with Crippen molar-refractivity contribution < 1.29 is 14.6 Å². The number of nitrogens with one attached hydrogen (secondary N) is 1. The van der Waals surface area contributed by atoms with E-state index in [9.17, 15) is 4.79 Å². The molecule has 1 fully saturated rings. The summed E-state index contributed by atoms with van der Waals surface area (Å²) < 4.78 is 5.68. The quantitative estimate of drug-likeness (QED) is 0.754. The predicted molar refractivity (Wildman–Crippen MR) is 87.2 cm³/mol. The highest BCUT2D eigenvalue weighted by molar-refractivity contribution is 6.30. The molecular formula is C16H23ClN2O3. The molecule has 2 rings (SSSR count). The zero-order chi connectivity index (χ0) is 15.8. The van der Waals surface area contributed by atoms with Crippen LogP contribution in [0.15, 0.2) is 24.3 Å². The molecule has 2 N–H and O–H groups in total. The van der Waals surface area contributed by atoms with Gasteiger partial charge in [-0.05, 0) is 37.5 Å². The van der Waals surface area contributed by atoms with Crippen LogP contribution in [0.5, 0.6) is 0 Å². The summed E-state index contributed by atoms with van der Waals surface area (Å²) in [6, 6.07) is 7.15. The number of halogens is 1. The summed E-state index contributed by atoms with van der Waals surface area (Å²) in [5.74, 6) is -0.0260. The van der Waals surface area contributed by atoms with Gasteiger partial charge in [0.05, 0.1) is 12.6 Å². The maximum absolute atomic E-state index is 12.0. The van der Waals surface area contributed by atoms with Crippen LogP contribution in [0, 0.1) is 0 Å². The van der Waals surface area contributed by atoms with E-state index < -0.39 is 0 Å². The lowest BCUT2D eigenvalue weighted by atomic mass is 10.1. The Kier molecular flexibility index (Phi) is 7.12. The van der Waals surface area contributed by atoms with Crippen LogP contribution >= 0.6 is 11.6 Å². The number of hydrogen-bond donors (Lipinski definition) is 2. The first-order valence-electron chi connectivity index (χ1n) is 7.67. The molecule has 0 bridgehead atoms. The first kappa shape index (κ1) is 17.2. The average molecular weight is 327 g/mol. The molecule has 0 aliphatic carbocycles. The van der Waals surface area contributed by atoms with E-state index in [1.807, 2.05) is 12.1 Å². The van der Waals surface area contributed by atoms with Crippen molar-refractivity contribution in [3.63, 3.8) is 0 Å². The topological polar surface area (TPSA) is 61.8 Å². The van der Waals surface area contributed by atoms with E-state index in [1.54, 1.807) is 12.1 Å². The first-order chi connectivity index (χ1) is 10.7. The molecule has 1 amide bonds. The largest absolute Gasteiger partial charge is 0.396 e. The molecule has 1 aromatic rings. The highest BCUT2D eigenvalue weighted by Gasteiger charge is 2.21. The molecule has 6 heteroatoms. The summed E-state index contributed by atoms with van der Waals surface area (Å²) in [4.78, 5) is 14.2. The smallest absolute Gasteiger partial charge is 0.238 e. The number of piperidine rings is 1. The Morgan fingerprint density at radius 1 is 1.41 bits per heavy atom. The van der Waals surface area contributed by atoms with E-state index in [0.717, 1.165) is 31.6 Å². The van der Waals surface area contributed by atoms with Crippen molar-refractivity contribution in [1.82, 2.24) is 4.90 Å². The van der Waals surface area contributed by atoms with E-state index in [0.29, 0.717) is 24.6 Å². The molecule has 0 aromatic heterocycles. The third-order valence-corrected chi connectivity index (χ3v) is 3.90. The van der Waals surface area contributed by atoms with E-state index in [2.05, 4.69) is 10.2 Å². The number of carbonyl (C=O) groups excluding carboxylic acids is 1. The number of likely N-dealkylation sites (tertiary alicyclic amines) is 1. The van der Waals surface area contributed by atoms with E-state index in [-0.39, 0.29) is 18.6 Å². The zero-order valence-electron chi connectivity index (χ0n) is 12.6. The highest BCUT2D eigenvalue weighted by atomic mass is 35.5. The third kappa shape index (κ3) is 5.93. The molecule has 1 aromatic carbocycles. The van der Waals surface area contributed by atoms with E-state index in [4.69, 9.17) is 21.4 Å². The summed E-state index contributed by atoms with van der Waals surface area (Å²) in [6.07, 6.45) is 2.78. The van der Waals surface area contributed by atoms with Crippen molar-refractivity contribution in [3.8, 4) is 0 Å². The van der Waals surface area contributed by atoms with Crippen molar-refractivity contribution in [2.45, 2.75) is 25.4 Å². The number of amides is 1. The standard InChI is InChI=1S/C16H23ClN2O3/c17-13-3-1-4-14(11-13)18-16(21)12-19-7-5-15(6-8-19)22-10-2-9-20/h1,3-4,11,15,20H,2,5-10,12H2,(H,18,21). The van der Waals surface area contributed by atoms with E-state index >= 15 is 0 Å². The van der Waals surface area contributed by atoms with Gasteiger partial charge in [0.25, 0.3) is 0 Å². The fourth-order valence-corrected chi connectivity index (χ4v) is 2.71. The first-order valence-corrected chi connectivity index (χ1v) is 8.05. The second-order valence-electron chi connectivity index (χ2n) is 5.48. The van der Waals surface area contributed by atoms with Crippen LogP contribution < -0.4 is 5.32 Å². The molecule has 0 unspecified atom stereocenters. The van der Waals surface area contributed by atoms with Crippen molar-refractivity contribution >= 4 is 23.2 Å². The lowest BCUT2D eigenvalue weighted by Gasteiger charge is -2.31. The average Bonchev–Trinajstić information content (AvgIpc) is 2.49. The molecule has 1 aliphatic rings. The second-order valence-corrected chi connectivity index (χ2v) is 5.92. The molecule has 5 nitrogen and oxygen atoms in total. The van der Waals surface area contributed by atoms with Crippen molar-refractivity contribution in [2.75, 3.05) is 38.2 Å². The minimum Gasteiger partial charge on any atom is -0.396 e. The van der Waals surface area contributed by atoms with Gasteiger partial charge < -0.3 is 15.2 Å². The maximum Gasteiger partial charge on any atom is 0.238 e. The zero-order valence-corrected chi connectivity index (χ0v) is 13.4. The normalized spacial score (nSPS) is 16.6. The molecule has 1 aliphatic heterocycles.